The molecule has 2 aromatic rings. The Morgan fingerprint density at radius 1 is 0.778 bits per heavy atom. The van der Waals surface area contributed by atoms with Crippen LogP contribution in [0.4, 0.5) is 0 Å². The first-order chi connectivity index (χ1) is 30.0. The third-order valence-electron chi connectivity index (χ3n) is 8.80. The topological polar surface area (TPSA) is 253 Å². The number of carbonyl (C=O) groups is 8. The van der Waals surface area contributed by atoms with Crippen LogP contribution in [0.3, 0.4) is 0 Å². The predicted octanol–water partition coefficient (Wildman–Crippen LogP) is 1.12. The molecule has 0 spiro atoms. The van der Waals surface area contributed by atoms with Gasteiger partial charge in [0.15, 0.2) is 18.8 Å². The van der Waals surface area contributed by atoms with Crippen molar-refractivity contribution in [2.45, 2.75) is 83.7 Å². The molecule has 20 nitrogen and oxygen atoms in total. The molecule has 0 aromatic heterocycles. The molecule has 2 amide bonds. The number of methoxy groups -OCH3 is 1. The van der Waals surface area contributed by atoms with E-state index in [1.54, 1.807) is 48.5 Å². The zero-order valence-electron chi connectivity index (χ0n) is 35.8. The molecule has 2 aromatic carbocycles. The summed E-state index contributed by atoms with van der Waals surface area (Å²) in [5.41, 5.74) is 2.22. The lowest BCUT2D eigenvalue weighted by atomic mass is 9.87. The van der Waals surface area contributed by atoms with Crippen LogP contribution >= 0.6 is 0 Å². The van der Waals surface area contributed by atoms with Gasteiger partial charge in [-0.2, -0.15) is 0 Å². The summed E-state index contributed by atoms with van der Waals surface area (Å²) in [6, 6.07) is 12.3. The molecule has 0 unspecified atom stereocenters. The van der Waals surface area contributed by atoms with Gasteiger partial charge in [-0.05, 0) is 28.8 Å². The number of esters is 6. The molecule has 1 heterocycles. The molecule has 1 saturated heterocycles. The molecular weight excluding hydrogens is 832 g/mol. The minimum Gasteiger partial charge on any atom is -0.465 e. The second kappa shape index (κ2) is 25.5. The third-order valence-corrected chi connectivity index (χ3v) is 8.80. The van der Waals surface area contributed by atoms with E-state index in [1.807, 2.05) is 0 Å². The van der Waals surface area contributed by atoms with Gasteiger partial charge in [0.1, 0.15) is 24.6 Å². The van der Waals surface area contributed by atoms with Gasteiger partial charge in [-0.25, -0.2) is 4.79 Å². The lowest BCUT2D eigenvalue weighted by Crippen LogP contribution is -2.70. The Labute approximate surface area is 363 Å². The fraction of sp³-hybridized carbons (Fsp3) is 0.488. The van der Waals surface area contributed by atoms with Crippen molar-refractivity contribution in [2.75, 3.05) is 53.3 Å². The zero-order chi connectivity index (χ0) is 46.5. The number of amides is 2. The van der Waals surface area contributed by atoms with Crippen molar-refractivity contribution in [2.24, 2.45) is 0 Å². The van der Waals surface area contributed by atoms with Gasteiger partial charge in [-0.3, -0.25) is 33.6 Å². The highest BCUT2D eigenvalue weighted by Crippen LogP contribution is 2.37. The van der Waals surface area contributed by atoms with Gasteiger partial charge in [0, 0.05) is 34.6 Å². The Hall–Kier alpha value is -6.40. The van der Waals surface area contributed by atoms with Crippen LogP contribution in [-0.4, -0.2) is 137 Å². The lowest BCUT2D eigenvalue weighted by Gasteiger charge is -2.48. The lowest BCUT2D eigenvalue weighted by molar-refractivity contribution is -0.315. The Balaban J connectivity index is 1.97. The quantitative estimate of drug-likeness (QED) is 0.0521. The maximum Gasteiger partial charge on any atom is 0.366 e. The highest BCUT2D eigenvalue weighted by Gasteiger charge is 2.59. The summed E-state index contributed by atoms with van der Waals surface area (Å²) in [5.74, 6) is -6.37. The minimum absolute atomic E-state index is 0.0603. The number of benzene rings is 2. The maximum absolute atomic E-state index is 13.6. The fourth-order valence-electron chi connectivity index (χ4n) is 6.31. The monoisotopic (exact) mass is 884 g/mol. The summed E-state index contributed by atoms with van der Waals surface area (Å²) in [6.07, 6.45) is -2.27. The van der Waals surface area contributed by atoms with Crippen LogP contribution in [0.15, 0.2) is 48.5 Å². The Kier molecular flexibility index (Phi) is 20.6. The van der Waals surface area contributed by atoms with Gasteiger partial charge < -0.3 is 58.0 Å². The van der Waals surface area contributed by atoms with Gasteiger partial charge in [0.25, 0.3) is 11.7 Å². The third kappa shape index (κ3) is 17.1. The van der Waals surface area contributed by atoms with Crippen molar-refractivity contribution in [1.82, 2.24) is 10.6 Å². The summed E-state index contributed by atoms with van der Waals surface area (Å²) < 4.78 is 54.8. The second-order valence-corrected chi connectivity index (χ2v) is 13.8. The van der Waals surface area contributed by atoms with Crippen molar-refractivity contribution >= 4 is 47.6 Å². The zero-order valence-corrected chi connectivity index (χ0v) is 35.8. The number of ether oxygens (including phenoxy) is 10. The molecular formula is C43H52N2O18. The summed E-state index contributed by atoms with van der Waals surface area (Å²) in [4.78, 5) is 101. The largest absolute Gasteiger partial charge is 0.465 e. The van der Waals surface area contributed by atoms with Crippen LogP contribution in [0.5, 0.6) is 5.75 Å². The van der Waals surface area contributed by atoms with E-state index < -0.39 is 103 Å². The van der Waals surface area contributed by atoms with Gasteiger partial charge in [-0.15, -0.1) is 6.42 Å². The molecule has 1 aliphatic rings. The van der Waals surface area contributed by atoms with Crippen LogP contribution in [0, 0.1) is 12.3 Å². The molecule has 3 rings (SSSR count). The smallest absolute Gasteiger partial charge is 0.366 e. The Morgan fingerprint density at radius 3 is 1.97 bits per heavy atom. The van der Waals surface area contributed by atoms with Crippen molar-refractivity contribution < 1.29 is 85.7 Å². The molecule has 6 atom stereocenters. The number of nitrogens with one attached hydrogen (secondary N) is 2. The van der Waals surface area contributed by atoms with Gasteiger partial charge in [0.2, 0.25) is 5.91 Å². The molecule has 63 heavy (non-hydrogen) atoms. The molecule has 342 valence electrons. The normalized spacial score (nSPS) is 18.8. The van der Waals surface area contributed by atoms with Crippen molar-refractivity contribution in [3.8, 4) is 29.2 Å². The Bertz CT molecular complexity index is 1950. The average molecular weight is 885 g/mol. The van der Waals surface area contributed by atoms with Crippen LogP contribution < -0.4 is 15.4 Å². The molecule has 0 radical (unpaired) electrons. The molecule has 1 aliphatic heterocycles. The van der Waals surface area contributed by atoms with E-state index in [0.29, 0.717) is 11.3 Å². The van der Waals surface area contributed by atoms with E-state index in [9.17, 15) is 38.4 Å². The highest BCUT2D eigenvalue weighted by molar-refractivity contribution is 5.81. The molecule has 0 aliphatic carbocycles. The van der Waals surface area contributed by atoms with Gasteiger partial charge >= 0.3 is 35.8 Å². The number of hydrogen-bond acceptors (Lipinski definition) is 18. The fourth-order valence-corrected chi connectivity index (χ4v) is 6.31. The number of carbonyl (C=O) groups excluding carboxylic acids is 8. The van der Waals surface area contributed by atoms with Crippen LogP contribution in [0.25, 0.3) is 11.1 Å². The predicted molar refractivity (Wildman–Crippen MR) is 216 cm³/mol. The number of rotatable bonds is 23. The second-order valence-electron chi connectivity index (χ2n) is 13.8. The molecule has 0 saturated carbocycles. The standard InChI is InChI=1S/C43H52N2O18/c1-8-17-55-18-19-56-20-21-58-43(42(53)54-7)23-35(60-28(4)48)39(45-38(52)25-57-26(2)46)41(63-43)40(62-30(6)50)36(61-29(5)49)24-44-37(51)22-31-9-11-32(12-10-31)33-13-15-34(16-14-33)59-27(3)47/h1,9-16,35-36,39-41H,17-25H2,2-7H3,(H,44,51)(H,45,52)/t35-,36+,39+,40+,41+,43+/m0/s1. The summed E-state index contributed by atoms with van der Waals surface area (Å²) in [5, 5.41) is 5.20. The Morgan fingerprint density at radius 2 is 1.40 bits per heavy atom. The van der Waals surface area contributed by atoms with E-state index >= 15 is 0 Å². The SMILES string of the molecule is C#CCOCCOCCO[C@]1(C(=O)OC)C[C@H](OC(C)=O)[C@@H](NC(=O)COC(C)=O)[C@H]([C@H](OC(C)=O)[C@@H](CNC(=O)Cc2ccc(-c3ccc(OC(C)=O)cc3)cc2)OC(C)=O)O1. The number of terminal acetylenes is 1. The first-order valence-corrected chi connectivity index (χ1v) is 19.5. The molecule has 20 heteroatoms. The molecule has 2 N–H and O–H groups in total. The first kappa shape index (κ1) is 51.0. The highest BCUT2D eigenvalue weighted by atomic mass is 16.7. The summed E-state index contributed by atoms with van der Waals surface area (Å²) in [6.45, 7) is 4.00. The van der Waals surface area contributed by atoms with Crippen molar-refractivity contribution in [3.05, 3.63) is 54.1 Å². The van der Waals surface area contributed by atoms with Crippen molar-refractivity contribution in [3.63, 3.8) is 0 Å². The van der Waals surface area contributed by atoms with Gasteiger partial charge in [-0.1, -0.05) is 42.3 Å². The van der Waals surface area contributed by atoms with E-state index in [4.69, 9.17) is 53.8 Å². The van der Waals surface area contributed by atoms with Crippen LogP contribution in [0.2, 0.25) is 0 Å². The average Bonchev–Trinajstić information content (AvgIpc) is 3.22. The number of hydrogen-bond donors (Lipinski definition) is 2. The minimum atomic E-state index is -2.45. The molecule has 0 bridgehead atoms. The van der Waals surface area contributed by atoms with E-state index in [0.717, 1.165) is 45.9 Å². The first-order valence-electron chi connectivity index (χ1n) is 19.5. The van der Waals surface area contributed by atoms with E-state index in [2.05, 4.69) is 16.6 Å². The van der Waals surface area contributed by atoms with E-state index in [1.165, 1.54) is 6.92 Å². The van der Waals surface area contributed by atoms with Crippen molar-refractivity contribution in [1.29, 1.82) is 0 Å². The van der Waals surface area contributed by atoms with Crippen LogP contribution in [0.1, 0.15) is 46.6 Å². The van der Waals surface area contributed by atoms with E-state index in [-0.39, 0.29) is 39.5 Å². The maximum atomic E-state index is 13.6. The summed E-state index contributed by atoms with van der Waals surface area (Å²) in [7, 11) is 1.03. The molecule has 1 fully saturated rings. The van der Waals surface area contributed by atoms with Gasteiger partial charge in [0.05, 0.1) is 59.0 Å². The van der Waals surface area contributed by atoms with Crippen LogP contribution in [-0.2, 0) is 87.4 Å². The summed E-state index contributed by atoms with van der Waals surface area (Å²) >= 11 is 0.